The van der Waals surface area contributed by atoms with E-state index in [2.05, 4.69) is 5.32 Å². The fraction of sp³-hybridized carbons (Fsp3) is 0.474. The summed E-state index contributed by atoms with van der Waals surface area (Å²) in [6, 6.07) is 5.78. The summed E-state index contributed by atoms with van der Waals surface area (Å²) in [5, 5.41) is 11.5. The largest absolute Gasteiger partial charge is 0.480 e. The summed E-state index contributed by atoms with van der Waals surface area (Å²) in [5.41, 5.74) is 1.47. The number of carbonyl (C=O) groups is 4. The monoisotopic (exact) mass is 376 g/mol. The highest BCUT2D eigenvalue weighted by Crippen LogP contribution is 2.18. The topological polar surface area (TPSA) is 113 Å². The number of nitrogens with one attached hydrogen (secondary N) is 1. The molecule has 1 atom stereocenters. The zero-order valence-corrected chi connectivity index (χ0v) is 15.4. The van der Waals surface area contributed by atoms with Gasteiger partial charge in [0.25, 0.3) is 5.91 Å². The maximum absolute atomic E-state index is 12.5. The predicted octanol–water partition coefficient (Wildman–Crippen LogP) is 0.844. The zero-order chi connectivity index (χ0) is 20.0. The molecule has 0 aliphatic carbocycles. The van der Waals surface area contributed by atoms with E-state index in [4.69, 9.17) is 4.74 Å². The molecule has 146 valence electrons. The number of esters is 1. The van der Waals surface area contributed by atoms with Gasteiger partial charge in [0.15, 0.2) is 0 Å². The summed E-state index contributed by atoms with van der Waals surface area (Å²) in [7, 11) is 0. The van der Waals surface area contributed by atoms with Crippen LogP contribution in [0.5, 0.6) is 0 Å². The van der Waals surface area contributed by atoms with E-state index in [-0.39, 0.29) is 25.0 Å². The summed E-state index contributed by atoms with van der Waals surface area (Å²) in [6.07, 6.45) is 0.156. The summed E-state index contributed by atoms with van der Waals surface area (Å²) in [5.74, 6) is -2.80. The first kappa shape index (κ1) is 20.4. The highest BCUT2D eigenvalue weighted by Gasteiger charge is 2.28. The van der Waals surface area contributed by atoms with E-state index in [1.54, 1.807) is 12.1 Å². The van der Waals surface area contributed by atoms with Crippen molar-refractivity contribution >= 4 is 23.8 Å². The van der Waals surface area contributed by atoms with Gasteiger partial charge in [-0.3, -0.25) is 14.4 Å². The molecule has 8 heteroatoms. The highest BCUT2D eigenvalue weighted by molar-refractivity contribution is 5.99. The van der Waals surface area contributed by atoms with Gasteiger partial charge in [-0.25, -0.2) is 4.79 Å². The second-order valence-corrected chi connectivity index (χ2v) is 6.87. The Balaban J connectivity index is 1.92. The number of nitrogens with zero attached hydrogens (tertiary/aromatic N) is 1. The van der Waals surface area contributed by atoms with Gasteiger partial charge in [0.05, 0.1) is 19.6 Å². The van der Waals surface area contributed by atoms with Crippen LogP contribution >= 0.6 is 0 Å². The molecule has 0 spiro atoms. The number of carboxylic acids is 1. The minimum atomic E-state index is -1.40. The van der Waals surface area contributed by atoms with Crippen LogP contribution in [0.4, 0.5) is 0 Å². The van der Waals surface area contributed by atoms with Crippen molar-refractivity contribution in [3.05, 3.63) is 35.4 Å². The van der Waals surface area contributed by atoms with Gasteiger partial charge < -0.3 is 20.1 Å². The molecular weight excluding hydrogens is 352 g/mol. The van der Waals surface area contributed by atoms with Gasteiger partial charge in [0.2, 0.25) is 5.91 Å². The quantitative estimate of drug-likeness (QED) is 0.650. The van der Waals surface area contributed by atoms with Gasteiger partial charge in [-0.1, -0.05) is 32.0 Å². The maximum Gasteiger partial charge on any atom is 0.326 e. The lowest BCUT2D eigenvalue weighted by Gasteiger charge is -2.28. The molecule has 1 aliphatic heterocycles. The molecule has 2 rings (SSSR count). The highest BCUT2D eigenvalue weighted by atomic mass is 16.5. The SMILES string of the molecule is CC(C)COC(=O)C[C@H](NC(=O)CN1CCc2ccccc2C1=O)C(=O)O. The van der Waals surface area contributed by atoms with Gasteiger partial charge >= 0.3 is 11.9 Å². The van der Waals surface area contributed by atoms with Gasteiger partial charge in [0.1, 0.15) is 6.04 Å². The van der Waals surface area contributed by atoms with Crippen LogP contribution in [0.1, 0.15) is 36.2 Å². The lowest BCUT2D eigenvalue weighted by Crippen LogP contribution is -2.49. The molecule has 2 amide bonds. The van der Waals surface area contributed by atoms with Crippen LogP contribution in [0, 0.1) is 5.92 Å². The number of ether oxygens (including phenoxy) is 1. The Kier molecular flexibility index (Phi) is 6.92. The number of hydrogen-bond acceptors (Lipinski definition) is 5. The molecule has 1 aromatic rings. The zero-order valence-electron chi connectivity index (χ0n) is 15.4. The molecule has 1 aliphatic rings. The molecule has 0 saturated heterocycles. The van der Waals surface area contributed by atoms with Crippen molar-refractivity contribution in [2.24, 2.45) is 5.92 Å². The van der Waals surface area contributed by atoms with Crippen molar-refractivity contribution in [3.8, 4) is 0 Å². The lowest BCUT2D eigenvalue weighted by atomic mass is 9.99. The van der Waals surface area contributed by atoms with E-state index in [0.717, 1.165) is 5.56 Å². The summed E-state index contributed by atoms with van der Waals surface area (Å²) < 4.78 is 4.95. The van der Waals surface area contributed by atoms with E-state index in [1.165, 1.54) is 4.90 Å². The molecule has 2 N–H and O–H groups in total. The van der Waals surface area contributed by atoms with Crippen molar-refractivity contribution in [1.29, 1.82) is 0 Å². The fourth-order valence-electron chi connectivity index (χ4n) is 2.72. The van der Waals surface area contributed by atoms with Crippen molar-refractivity contribution in [2.75, 3.05) is 19.7 Å². The number of aliphatic carboxylic acids is 1. The van der Waals surface area contributed by atoms with E-state index in [9.17, 15) is 24.3 Å². The van der Waals surface area contributed by atoms with Gasteiger partial charge in [-0.15, -0.1) is 0 Å². The number of hydrogen-bond donors (Lipinski definition) is 2. The number of fused-ring (bicyclic) bond motifs is 1. The predicted molar refractivity (Wildman–Crippen MR) is 96.0 cm³/mol. The van der Waals surface area contributed by atoms with Crippen molar-refractivity contribution in [1.82, 2.24) is 10.2 Å². The molecule has 0 unspecified atom stereocenters. The number of benzene rings is 1. The Morgan fingerprint density at radius 1 is 1.26 bits per heavy atom. The van der Waals surface area contributed by atoms with Crippen LogP contribution in [-0.4, -0.2) is 59.5 Å². The van der Waals surface area contributed by atoms with E-state index < -0.39 is 30.3 Å². The molecule has 0 saturated carbocycles. The van der Waals surface area contributed by atoms with Crippen molar-refractivity contribution < 1.29 is 29.0 Å². The van der Waals surface area contributed by atoms with Gasteiger partial charge in [-0.05, 0) is 24.0 Å². The molecule has 27 heavy (non-hydrogen) atoms. The average molecular weight is 376 g/mol. The standard InChI is InChI=1S/C19H24N2O6/c1-12(2)11-27-17(23)9-15(19(25)26)20-16(22)10-21-8-7-13-5-3-4-6-14(13)18(21)24/h3-6,12,15H,7-11H2,1-2H3,(H,20,22)(H,25,26)/t15-/m0/s1. The molecule has 1 heterocycles. The summed E-state index contributed by atoms with van der Waals surface area (Å²) in [6.45, 7) is 4.01. The third-order valence-corrected chi connectivity index (χ3v) is 4.10. The summed E-state index contributed by atoms with van der Waals surface area (Å²) in [4.78, 5) is 49.1. The molecule has 0 fully saturated rings. The Hall–Kier alpha value is -2.90. The molecule has 0 aromatic heterocycles. The van der Waals surface area contributed by atoms with Crippen LogP contribution in [0.2, 0.25) is 0 Å². The molecular formula is C19H24N2O6. The Morgan fingerprint density at radius 2 is 1.96 bits per heavy atom. The fourth-order valence-corrected chi connectivity index (χ4v) is 2.72. The van der Waals surface area contributed by atoms with Crippen LogP contribution in [-0.2, 0) is 25.5 Å². The van der Waals surface area contributed by atoms with E-state index in [1.807, 2.05) is 26.0 Å². The maximum atomic E-state index is 12.5. The molecule has 0 bridgehead atoms. The minimum absolute atomic E-state index is 0.125. The van der Waals surface area contributed by atoms with Crippen LogP contribution in [0.25, 0.3) is 0 Å². The Bertz CT molecular complexity index is 731. The Morgan fingerprint density at radius 3 is 2.63 bits per heavy atom. The number of rotatable bonds is 8. The molecule has 1 aromatic carbocycles. The second-order valence-electron chi connectivity index (χ2n) is 6.87. The van der Waals surface area contributed by atoms with Gasteiger partial charge in [-0.2, -0.15) is 0 Å². The lowest BCUT2D eigenvalue weighted by molar-refractivity contribution is -0.151. The van der Waals surface area contributed by atoms with Crippen LogP contribution in [0.3, 0.4) is 0 Å². The normalized spacial score (nSPS) is 14.5. The molecule has 0 radical (unpaired) electrons. The first-order chi connectivity index (χ1) is 12.8. The smallest absolute Gasteiger partial charge is 0.326 e. The summed E-state index contributed by atoms with van der Waals surface area (Å²) >= 11 is 0. The molecule has 8 nitrogen and oxygen atoms in total. The number of carboxylic acid groups (broad SMARTS) is 1. The van der Waals surface area contributed by atoms with E-state index >= 15 is 0 Å². The number of carbonyl (C=O) groups excluding carboxylic acids is 3. The third-order valence-electron chi connectivity index (χ3n) is 4.10. The number of amides is 2. The van der Waals surface area contributed by atoms with E-state index in [0.29, 0.717) is 18.5 Å². The third kappa shape index (κ3) is 5.80. The first-order valence-electron chi connectivity index (χ1n) is 8.83. The van der Waals surface area contributed by atoms with Crippen LogP contribution < -0.4 is 5.32 Å². The van der Waals surface area contributed by atoms with Crippen molar-refractivity contribution in [2.45, 2.75) is 32.7 Å². The average Bonchev–Trinajstić information content (AvgIpc) is 2.62. The minimum Gasteiger partial charge on any atom is -0.480 e. The second kappa shape index (κ2) is 9.16. The van der Waals surface area contributed by atoms with Crippen molar-refractivity contribution in [3.63, 3.8) is 0 Å². The van der Waals surface area contributed by atoms with Gasteiger partial charge in [0, 0.05) is 12.1 Å². The first-order valence-corrected chi connectivity index (χ1v) is 8.83. The Labute approximate surface area is 157 Å². The van der Waals surface area contributed by atoms with Crippen LogP contribution in [0.15, 0.2) is 24.3 Å².